The van der Waals surface area contributed by atoms with Crippen LogP contribution < -0.4 is 0 Å². The van der Waals surface area contributed by atoms with Crippen LogP contribution in [-0.4, -0.2) is 35.2 Å². The van der Waals surface area contributed by atoms with E-state index in [1.54, 1.807) is 12.1 Å². The van der Waals surface area contributed by atoms with E-state index in [1.165, 1.54) is 6.07 Å². The van der Waals surface area contributed by atoms with E-state index in [2.05, 4.69) is 4.90 Å². The molecule has 1 N–H and O–H groups in total. The smallest absolute Gasteiger partial charge is 0.307 e. The topological polar surface area (TPSA) is 73.6 Å². The summed E-state index contributed by atoms with van der Waals surface area (Å²) in [4.78, 5) is 13.1. The quantitative estimate of drug-likeness (QED) is 0.793. The van der Waals surface area contributed by atoms with E-state index in [0.717, 1.165) is 43.6 Å². The summed E-state index contributed by atoms with van der Waals surface area (Å²) in [7, 11) is 0. The molecule has 0 aliphatic carbocycles. The zero-order valence-corrected chi connectivity index (χ0v) is 15.6. The first-order valence-electron chi connectivity index (χ1n) is 9.35. The highest BCUT2D eigenvalue weighted by Crippen LogP contribution is 2.19. The van der Waals surface area contributed by atoms with Gasteiger partial charge in [0.05, 0.1) is 30.8 Å². The van der Waals surface area contributed by atoms with Crippen LogP contribution in [0.15, 0.2) is 42.5 Å². The zero-order valence-electron chi connectivity index (χ0n) is 15.6. The van der Waals surface area contributed by atoms with Crippen molar-refractivity contribution in [2.45, 2.75) is 38.5 Å². The molecule has 28 heavy (non-hydrogen) atoms. The van der Waals surface area contributed by atoms with Crippen LogP contribution in [0.3, 0.4) is 0 Å². The third-order valence-electron chi connectivity index (χ3n) is 4.90. The standard InChI is InChI=1S/C22H23FN2O3/c23-21-10-18(12-24)7-8-19(21)15-28-20-2-1-9-25(14-20)13-17-5-3-16(4-6-17)11-22(26)27/h3-8,10,20H,1-2,9,11,13-15H2,(H,26,27). The summed E-state index contributed by atoms with van der Waals surface area (Å²) in [5.74, 6) is -1.24. The van der Waals surface area contributed by atoms with Gasteiger partial charge in [0.15, 0.2) is 0 Å². The van der Waals surface area contributed by atoms with Crippen LogP contribution in [-0.2, 0) is 29.1 Å². The van der Waals surface area contributed by atoms with Gasteiger partial charge in [0, 0.05) is 18.7 Å². The molecule has 2 aromatic rings. The number of ether oxygens (including phenoxy) is 1. The third-order valence-corrected chi connectivity index (χ3v) is 4.90. The van der Waals surface area contributed by atoms with Crippen molar-refractivity contribution in [1.29, 1.82) is 5.26 Å². The molecule has 1 heterocycles. The summed E-state index contributed by atoms with van der Waals surface area (Å²) < 4.78 is 19.9. The number of carboxylic acids is 1. The molecule has 1 saturated heterocycles. The SMILES string of the molecule is N#Cc1ccc(COC2CCCN(Cc3ccc(CC(=O)O)cc3)C2)c(F)c1. The lowest BCUT2D eigenvalue weighted by atomic mass is 10.1. The van der Waals surface area contributed by atoms with Crippen LogP contribution in [0.2, 0.25) is 0 Å². The van der Waals surface area contributed by atoms with E-state index >= 15 is 0 Å². The van der Waals surface area contributed by atoms with Crippen LogP contribution in [0.4, 0.5) is 4.39 Å². The number of hydrogen-bond acceptors (Lipinski definition) is 4. The second-order valence-corrected chi connectivity index (χ2v) is 7.12. The van der Waals surface area contributed by atoms with Gasteiger partial charge in [-0.05, 0) is 42.6 Å². The van der Waals surface area contributed by atoms with Crippen LogP contribution in [0.25, 0.3) is 0 Å². The molecule has 2 aromatic carbocycles. The Morgan fingerprint density at radius 3 is 2.68 bits per heavy atom. The van der Waals surface area contributed by atoms with Gasteiger partial charge in [0.2, 0.25) is 0 Å². The molecule has 0 amide bonds. The number of nitrogens with zero attached hydrogens (tertiary/aromatic N) is 2. The van der Waals surface area contributed by atoms with Gasteiger partial charge >= 0.3 is 5.97 Å². The fourth-order valence-corrected chi connectivity index (χ4v) is 3.43. The van der Waals surface area contributed by atoms with Gasteiger partial charge in [0.25, 0.3) is 0 Å². The van der Waals surface area contributed by atoms with Crippen molar-refractivity contribution in [3.63, 3.8) is 0 Å². The average molecular weight is 382 g/mol. The highest BCUT2D eigenvalue weighted by molar-refractivity contribution is 5.70. The van der Waals surface area contributed by atoms with Gasteiger partial charge in [-0.3, -0.25) is 9.69 Å². The summed E-state index contributed by atoms with van der Waals surface area (Å²) in [5.41, 5.74) is 2.69. The minimum absolute atomic E-state index is 0.0335. The van der Waals surface area contributed by atoms with Crippen molar-refractivity contribution in [1.82, 2.24) is 4.90 Å². The van der Waals surface area contributed by atoms with Crippen LogP contribution in [0, 0.1) is 17.1 Å². The number of carboxylic acid groups (broad SMARTS) is 1. The molecular weight excluding hydrogens is 359 g/mol. The Labute approximate surface area is 164 Å². The molecule has 0 saturated carbocycles. The Morgan fingerprint density at radius 1 is 1.25 bits per heavy atom. The normalized spacial score (nSPS) is 17.2. The first-order chi connectivity index (χ1) is 13.5. The summed E-state index contributed by atoms with van der Waals surface area (Å²) in [6.07, 6.45) is 2.02. The highest BCUT2D eigenvalue weighted by Gasteiger charge is 2.21. The molecule has 0 bridgehead atoms. The highest BCUT2D eigenvalue weighted by atomic mass is 19.1. The van der Waals surface area contributed by atoms with Crippen molar-refractivity contribution in [3.8, 4) is 6.07 Å². The van der Waals surface area contributed by atoms with E-state index in [1.807, 2.05) is 30.3 Å². The van der Waals surface area contributed by atoms with E-state index in [9.17, 15) is 9.18 Å². The maximum absolute atomic E-state index is 14.0. The van der Waals surface area contributed by atoms with E-state index < -0.39 is 11.8 Å². The molecule has 6 heteroatoms. The van der Waals surface area contributed by atoms with E-state index in [0.29, 0.717) is 11.1 Å². The zero-order chi connectivity index (χ0) is 19.9. The molecule has 1 unspecified atom stereocenters. The second-order valence-electron chi connectivity index (χ2n) is 7.12. The Balaban J connectivity index is 1.51. The average Bonchev–Trinajstić information content (AvgIpc) is 2.68. The van der Waals surface area contributed by atoms with Crippen molar-refractivity contribution in [3.05, 3.63) is 70.5 Å². The monoisotopic (exact) mass is 382 g/mol. The Bertz CT molecular complexity index is 861. The Kier molecular flexibility index (Phi) is 6.75. The van der Waals surface area contributed by atoms with Gasteiger partial charge in [-0.15, -0.1) is 0 Å². The minimum atomic E-state index is -0.831. The second kappa shape index (κ2) is 9.45. The summed E-state index contributed by atoms with van der Waals surface area (Å²) in [6.45, 7) is 2.72. The Hall–Kier alpha value is -2.75. The predicted molar refractivity (Wildman–Crippen MR) is 102 cm³/mol. The number of benzene rings is 2. The van der Waals surface area contributed by atoms with Gasteiger partial charge < -0.3 is 9.84 Å². The lowest BCUT2D eigenvalue weighted by Crippen LogP contribution is -2.39. The van der Waals surface area contributed by atoms with E-state index in [4.69, 9.17) is 15.1 Å². The predicted octanol–water partition coefficient (Wildman–Crippen LogP) is 3.51. The number of nitriles is 1. The molecule has 0 spiro atoms. The number of rotatable bonds is 7. The molecular formula is C22H23FN2O3. The van der Waals surface area contributed by atoms with Gasteiger partial charge in [-0.2, -0.15) is 5.26 Å². The first kappa shape index (κ1) is 20.0. The number of halogens is 1. The lowest BCUT2D eigenvalue weighted by Gasteiger charge is -2.32. The largest absolute Gasteiger partial charge is 0.481 e. The third kappa shape index (κ3) is 5.62. The maximum Gasteiger partial charge on any atom is 0.307 e. The molecule has 1 aliphatic heterocycles. The lowest BCUT2D eigenvalue weighted by molar-refractivity contribution is -0.136. The van der Waals surface area contributed by atoms with Crippen molar-refractivity contribution in [2.75, 3.05) is 13.1 Å². The van der Waals surface area contributed by atoms with Crippen LogP contribution >= 0.6 is 0 Å². The fraction of sp³-hybridized carbons (Fsp3) is 0.364. The Morgan fingerprint density at radius 2 is 2.00 bits per heavy atom. The molecule has 1 fully saturated rings. The molecule has 3 rings (SSSR count). The van der Waals surface area contributed by atoms with Crippen LogP contribution in [0.5, 0.6) is 0 Å². The van der Waals surface area contributed by atoms with Gasteiger partial charge in [-0.25, -0.2) is 4.39 Å². The summed E-state index contributed by atoms with van der Waals surface area (Å²) >= 11 is 0. The molecule has 146 valence electrons. The number of hydrogen-bond donors (Lipinski definition) is 1. The summed E-state index contributed by atoms with van der Waals surface area (Å²) in [6, 6.07) is 14.0. The number of carbonyl (C=O) groups is 1. The maximum atomic E-state index is 14.0. The molecule has 0 radical (unpaired) electrons. The van der Waals surface area contributed by atoms with Crippen molar-refractivity contribution in [2.24, 2.45) is 0 Å². The van der Waals surface area contributed by atoms with E-state index in [-0.39, 0.29) is 19.1 Å². The fourth-order valence-electron chi connectivity index (χ4n) is 3.43. The van der Waals surface area contributed by atoms with Gasteiger partial charge in [0.1, 0.15) is 5.82 Å². The van der Waals surface area contributed by atoms with Gasteiger partial charge in [-0.1, -0.05) is 30.3 Å². The van der Waals surface area contributed by atoms with Crippen molar-refractivity contribution < 1.29 is 19.0 Å². The summed E-state index contributed by atoms with van der Waals surface area (Å²) in [5, 5.41) is 17.7. The van der Waals surface area contributed by atoms with Crippen molar-refractivity contribution >= 4 is 5.97 Å². The first-order valence-corrected chi connectivity index (χ1v) is 9.35. The van der Waals surface area contributed by atoms with Crippen LogP contribution in [0.1, 0.15) is 35.1 Å². The minimum Gasteiger partial charge on any atom is -0.481 e. The molecule has 1 atom stereocenters. The molecule has 0 aromatic heterocycles. The number of aliphatic carboxylic acids is 1. The molecule has 1 aliphatic rings. The molecule has 5 nitrogen and oxygen atoms in total. The number of likely N-dealkylation sites (tertiary alicyclic amines) is 1. The number of piperidine rings is 1.